The van der Waals surface area contributed by atoms with Gasteiger partial charge in [0.15, 0.2) is 0 Å². The molecular weight excluding hydrogens is 307 g/mol. The first-order chi connectivity index (χ1) is 11.7. The third-order valence-corrected chi connectivity index (χ3v) is 6.26. The number of piperidine rings is 1. The summed E-state index contributed by atoms with van der Waals surface area (Å²) in [6.07, 6.45) is 4.71. The lowest BCUT2D eigenvalue weighted by atomic mass is 9.73. The Bertz CT molecular complexity index is 568. The zero-order chi connectivity index (χ0) is 16.6. The van der Waals surface area contributed by atoms with Crippen LogP contribution in [0.25, 0.3) is 0 Å². The Morgan fingerprint density at radius 2 is 1.96 bits per heavy atom. The van der Waals surface area contributed by atoms with Gasteiger partial charge in [0.2, 0.25) is 0 Å². The van der Waals surface area contributed by atoms with E-state index in [1.54, 1.807) is 19.2 Å². The van der Waals surface area contributed by atoms with Gasteiger partial charge in [-0.3, -0.25) is 0 Å². The summed E-state index contributed by atoms with van der Waals surface area (Å²) in [5.74, 6) is -0.164. The Morgan fingerprint density at radius 1 is 1.21 bits per heavy atom. The van der Waals surface area contributed by atoms with Crippen LogP contribution in [0.4, 0.5) is 10.1 Å². The van der Waals surface area contributed by atoms with Crippen molar-refractivity contribution >= 4 is 5.69 Å². The van der Waals surface area contributed by atoms with Crippen molar-refractivity contribution in [1.82, 2.24) is 4.90 Å². The van der Waals surface area contributed by atoms with E-state index in [1.807, 2.05) is 6.07 Å². The molecule has 3 aliphatic heterocycles. The summed E-state index contributed by atoms with van der Waals surface area (Å²) in [6, 6.07) is 7.65. The van der Waals surface area contributed by atoms with Crippen molar-refractivity contribution in [2.45, 2.75) is 43.4 Å². The van der Waals surface area contributed by atoms with Gasteiger partial charge >= 0.3 is 0 Å². The molecule has 3 fully saturated rings. The van der Waals surface area contributed by atoms with Crippen molar-refractivity contribution in [3.8, 4) is 0 Å². The number of hydrogen-bond donors (Lipinski definition) is 0. The number of hydrogen-bond acceptors (Lipinski definition) is 4. The van der Waals surface area contributed by atoms with Gasteiger partial charge in [-0.15, -0.1) is 0 Å². The average molecular weight is 334 g/mol. The van der Waals surface area contributed by atoms with E-state index in [4.69, 9.17) is 9.47 Å². The predicted octanol–water partition coefficient (Wildman–Crippen LogP) is 2.67. The van der Waals surface area contributed by atoms with E-state index in [9.17, 15) is 4.39 Å². The van der Waals surface area contributed by atoms with E-state index >= 15 is 0 Å². The highest BCUT2D eigenvalue weighted by molar-refractivity contribution is 5.54. The van der Waals surface area contributed by atoms with Crippen molar-refractivity contribution in [2.24, 2.45) is 0 Å². The number of benzene rings is 1. The molecule has 0 amide bonds. The molecule has 0 saturated carbocycles. The maximum Gasteiger partial charge on any atom is 0.125 e. The molecule has 5 heteroatoms. The highest BCUT2D eigenvalue weighted by atomic mass is 19.1. The first-order valence-corrected chi connectivity index (χ1v) is 9.11. The first-order valence-electron chi connectivity index (χ1n) is 9.11. The largest absolute Gasteiger partial charge is 0.381 e. The van der Waals surface area contributed by atoms with Gasteiger partial charge < -0.3 is 19.3 Å². The molecule has 24 heavy (non-hydrogen) atoms. The smallest absolute Gasteiger partial charge is 0.125 e. The second-order valence-electron chi connectivity index (χ2n) is 7.30. The van der Waals surface area contributed by atoms with Crippen LogP contribution in [0.15, 0.2) is 24.3 Å². The van der Waals surface area contributed by atoms with E-state index in [1.165, 1.54) is 6.07 Å². The van der Waals surface area contributed by atoms with Gasteiger partial charge in [0, 0.05) is 51.7 Å². The van der Waals surface area contributed by atoms with Crippen LogP contribution >= 0.6 is 0 Å². The van der Waals surface area contributed by atoms with Gasteiger partial charge in [-0.1, -0.05) is 6.07 Å². The molecule has 1 unspecified atom stereocenters. The van der Waals surface area contributed by atoms with Crippen molar-refractivity contribution in [3.63, 3.8) is 0 Å². The number of likely N-dealkylation sites (tertiary alicyclic amines) is 1. The van der Waals surface area contributed by atoms with Crippen LogP contribution in [-0.4, -0.2) is 62.5 Å². The van der Waals surface area contributed by atoms with E-state index in [0.29, 0.717) is 6.04 Å². The summed E-state index contributed by atoms with van der Waals surface area (Å²) >= 11 is 0. The third-order valence-electron chi connectivity index (χ3n) is 6.26. The number of nitrogens with zero attached hydrogens (tertiary/aromatic N) is 2. The summed E-state index contributed by atoms with van der Waals surface area (Å²) in [7, 11) is 1.81. The quantitative estimate of drug-likeness (QED) is 0.848. The lowest BCUT2D eigenvalue weighted by molar-refractivity contribution is -0.0592. The van der Waals surface area contributed by atoms with E-state index in [-0.39, 0.29) is 17.5 Å². The molecule has 4 rings (SSSR count). The highest BCUT2D eigenvalue weighted by Crippen LogP contribution is 2.45. The number of anilines is 1. The minimum absolute atomic E-state index is 0.0320. The second kappa shape index (κ2) is 6.62. The van der Waals surface area contributed by atoms with Crippen molar-refractivity contribution in [2.75, 3.05) is 44.9 Å². The van der Waals surface area contributed by atoms with E-state index in [2.05, 4.69) is 9.80 Å². The Labute approximate surface area is 143 Å². The fourth-order valence-corrected chi connectivity index (χ4v) is 4.80. The zero-order valence-corrected chi connectivity index (χ0v) is 14.4. The number of methoxy groups -OCH3 is 1. The Balaban J connectivity index is 1.48. The zero-order valence-electron chi connectivity index (χ0n) is 14.4. The van der Waals surface area contributed by atoms with Crippen LogP contribution in [-0.2, 0) is 9.47 Å². The standard InChI is InChI=1S/C19H27FN2O2/c1-23-18-14-22(17-4-2-3-15(20)13-17)19(18)7-9-21(10-8-19)16-5-11-24-12-6-16/h2-4,13,16,18H,5-12,14H2,1H3. The second-order valence-corrected chi connectivity index (χ2v) is 7.30. The van der Waals surface area contributed by atoms with Gasteiger partial charge in [-0.2, -0.15) is 0 Å². The monoisotopic (exact) mass is 334 g/mol. The molecule has 132 valence electrons. The topological polar surface area (TPSA) is 24.9 Å². The molecule has 0 N–H and O–H groups in total. The summed E-state index contributed by atoms with van der Waals surface area (Å²) in [6.45, 7) is 4.83. The van der Waals surface area contributed by atoms with Crippen LogP contribution in [0.3, 0.4) is 0 Å². The fraction of sp³-hybridized carbons (Fsp3) is 0.684. The number of halogens is 1. The highest BCUT2D eigenvalue weighted by Gasteiger charge is 2.55. The predicted molar refractivity (Wildman–Crippen MR) is 91.9 cm³/mol. The lowest BCUT2D eigenvalue weighted by Gasteiger charge is -2.62. The minimum atomic E-state index is -0.164. The van der Waals surface area contributed by atoms with Crippen molar-refractivity contribution < 1.29 is 13.9 Å². The summed E-state index contributed by atoms with van der Waals surface area (Å²) in [5.41, 5.74) is 1.02. The van der Waals surface area contributed by atoms with Gasteiger partial charge in [-0.25, -0.2) is 4.39 Å². The van der Waals surface area contributed by atoms with Gasteiger partial charge in [0.05, 0.1) is 11.6 Å². The Kier molecular flexibility index (Phi) is 4.50. The van der Waals surface area contributed by atoms with Gasteiger partial charge in [0.1, 0.15) is 5.82 Å². The van der Waals surface area contributed by atoms with Crippen LogP contribution < -0.4 is 4.90 Å². The first kappa shape index (κ1) is 16.3. The molecule has 3 aliphatic rings. The molecule has 1 spiro atoms. The molecule has 0 aromatic heterocycles. The lowest BCUT2D eigenvalue weighted by Crippen LogP contribution is -2.74. The molecule has 0 bridgehead atoms. The van der Waals surface area contributed by atoms with Gasteiger partial charge in [0.25, 0.3) is 0 Å². The number of ether oxygens (including phenoxy) is 2. The van der Waals surface area contributed by atoms with E-state index < -0.39 is 0 Å². The maximum atomic E-state index is 13.6. The van der Waals surface area contributed by atoms with Crippen molar-refractivity contribution in [1.29, 1.82) is 0 Å². The molecule has 4 nitrogen and oxygen atoms in total. The summed E-state index contributed by atoms with van der Waals surface area (Å²) in [4.78, 5) is 4.99. The molecule has 0 radical (unpaired) electrons. The maximum absolute atomic E-state index is 13.6. The van der Waals surface area contributed by atoms with Gasteiger partial charge in [-0.05, 0) is 43.9 Å². The molecule has 1 aromatic rings. The summed E-state index contributed by atoms with van der Waals surface area (Å²) in [5, 5.41) is 0. The molecule has 3 heterocycles. The Hall–Kier alpha value is -1.17. The minimum Gasteiger partial charge on any atom is -0.381 e. The SMILES string of the molecule is COC1CN(c2cccc(F)c2)C12CCN(C1CCOCC1)CC2. The molecule has 1 aromatic carbocycles. The third kappa shape index (κ3) is 2.72. The molecule has 1 atom stereocenters. The van der Waals surface area contributed by atoms with Crippen LogP contribution in [0.2, 0.25) is 0 Å². The van der Waals surface area contributed by atoms with Crippen LogP contribution in [0.5, 0.6) is 0 Å². The van der Waals surface area contributed by atoms with Crippen LogP contribution in [0, 0.1) is 5.82 Å². The fourth-order valence-electron chi connectivity index (χ4n) is 4.80. The summed E-state index contributed by atoms with van der Waals surface area (Å²) < 4.78 is 24.9. The molecule has 0 aliphatic carbocycles. The Morgan fingerprint density at radius 3 is 2.62 bits per heavy atom. The molecular formula is C19H27FN2O2. The van der Waals surface area contributed by atoms with E-state index in [0.717, 1.165) is 64.2 Å². The average Bonchev–Trinajstić information content (AvgIpc) is 2.62. The van der Waals surface area contributed by atoms with Crippen LogP contribution in [0.1, 0.15) is 25.7 Å². The van der Waals surface area contributed by atoms with Crippen molar-refractivity contribution in [3.05, 3.63) is 30.1 Å². The molecule has 3 saturated heterocycles. The normalized spacial score (nSPS) is 28.1. The number of rotatable bonds is 3.